The Hall–Kier alpha value is -1.84. The lowest BCUT2D eigenvalue weighted by Crippen LogP contribution is -2.32. The molecule has 2 aromatic heterocycles. The standard InChI is InChI=1S/C24H28ClN3/c1-2-4-18-14-28-24-19(25)13-17-7-6-16-5-3-10-27-23(16)21(20(17)22(18)24)15-8-11-26-12-9-15/h3,5,10,13-15,21,26,28H,2,4,6-9,11-12H2,1H3/t21-/m1/s1. The predicted molar refractivity (Wildman–Crippen MR) is 116 cm³/mol. The summed E-state index contributed by atoms with van der Waals surface area (Å²) in [5.41, 5.74) is 8.18. The van der Waals surface area contributed by atoms with Crippen LogP contribution in [0.25, 0.3) is 10.9 Å². The molecule has 1 fully saturated rings. The molecule has 1 atom stereocenters. The molecule has 1 aliphatic heterocycles. The molecule has 3 aromatic rings. The Morgan fingerprint density at radius 1 is 1.18 bits per heavy atom. The van der Waals surface area contributed by atoms with Crippen LogP contribution in [0.15, 0.2) is 30.6 Å². The number of fused-ring (bicyclic) bond motifs is 4. The molecule has 0 saturated carbocycles. The third kappa shape index (κ3) is 2.96. The molecule has 1 saturated heterocycles. The van der Waals surface area contributed by atoms with Gasteiger partial charge >= 0.3 is 0 Å². The van der Waals surface area contributed by atoms with E-state index in [0.717, 1.165) is 49.3 Å². The van der Waals surface area contributed by atoms with E-state index in [-0.39, 0.29) is 0 Å². The molecule has 2 aliphatic rings. The second-order valence-corrected chi connectivity index (χ2v) is 8.77. The number of aryl methyl sites for hydroxylation is 3. The summed E-state index contributed by atoms with van der Waals surface area (Å²) in [5.74, 6) is 0.988. The predicted octanol–water partition coefficient (Wildman–Crippen LogP) is 5.40. The number of aromatic amines is 1. The van der Waals surface area contributed by atoms with Crippen molar-refractivity contribution >= 4 is 22.5 Å². The number of piperidine rings is 1. The van der Waals surface area contributed by atoms with Gasteiger partial charge in [-0.2, -0.15) is 0 Å². The van der Waals surface area contributed by atoms with Gasteiger partial charge in [0.15, 0.2) is 0 Å². The zero-order valence-electron chi connectivity index (χ0n) is 16.5. The minimum atomic E-state index is 0.363. The van der Waals surface area contributed by atoms with Crippen molar-refractivity contribution < 1.29 is 0 Å². The van der Waals surface area contributed by atoms with Crippen molar-refractivity contribution in [3.63, 3.8) is 0 Å². The monoisotopic (exact) mass is 393 g/mol. The fourth-order valence-corrected chi connectivity index (χ4v) is 5.72. The van der Waals surface area contributed by atoms with Crippen LogP contribution in [-0.2, 0) is 19.3 Å². The van der Waals surface area contributed by atoms with Crippen LogP contribution >= 0.6 is 11.6 Å². The minimum absolute atomic E-state index is 0.363. The third-order valence-electron chi connectivity index (χ3n) is 6.69. The van der Waals surface area contributed by atoms with Gasteiger partial charge < -0.3 is 10.3 Å². The quantitative estimate of drug-likeness (QED) is 0.625. The van der Waals surface area contributed by atoms with E-state index in [9.17, 15) is 0 Å². The first-order valence-electron chi connectivity index (χ1n) is 10.7. The molecular weight excluding hydrogens is 366 g/mol. The van der Waals surface area contributed by atoms with Crippen molar-refractivity contribution in [1.82, 2.24) is 15.3 Å². The molecule has 0 radical (unpaired) electrons. The van der Waals surface area contributed by atoms with Gasteiger partial charge in [0, 0.05) is 23.7 Å². The average Bonchev–Trinajstić information content (AvgIpc) is 3.07. The molecule has 2 N–H and O–H groups in total. The van der Waals surface area contributed by atoms with Gasteiger partial charge in [-0.3, -0.25) is 4.98 Å². The molecule has 0 spiro atoms. The Bertz CT molecular complexity index is 1000. The molecule has 3 heterocycles. The van der Waals surface area contributed by atoms with Gasteiger partial charge in [-0.05, 0) is 85.5 Å². The first kappa shape index (κ1) is 18.2. The van der Waals surface area contributed by atoms with Crippen molar-refractivity contribution in [1.29, 1.82) is 0 Å². The molecule has 0 amide bonds. The topological polar surface area (TPSA) is 40.7 Å². The maximum absolute atomic E-state index is 6.75. The lowest BCUT2D eigenvalue weighted by Gasteiger charge is -2.32. The zero-order valence-corrected chi connectivity index (χ0v) is 17.3. The molecule has 1 aromatic carbocycles. The SMILES string of the molecule is CCCc1c[nH]c2c(Cl)cc3c(c12)[C@@H](C1CCNCC1)c1ncccc1CC3. The van der Waals surface area contributed by atoms with Gasteiger partial charge in [0.1, 0.15) is 0 Å². The van der Waals surface area contributed by atoms with Crippen molar-refractivity contribution in [2.45, 2.75) is 51.4 Å². The Kier molecular flexibility index (Phi) is 4.90. The lowest BCUT2D eigenvalue weighted by molar-refractivity contribution is 0.339. The van der Waals surface area contributed by atoms with Gasteiger partial charge in [-0.25, -0.2) is 0 Å². The third-order valence-corrected chi connectivity index (χ3v) is 6.98. The summed E-state index contributed by atoms with van der Waals surface area (Å²) in [6.45, 7) is 4.46. The normalized spacial score (nSPS) is 20.0. The van der Waals surface area contributed by atoms with Crippen LogP contribution in [-0.4, -0.2) is 23.1 Å². The number of nitrogens with one attached hydrogen (secondary N) is 2. The molecule has 0 unspecified atom stereocenters. The number of aromatic nitrogens is 2. The summed E-state index contributed by atoms with van der Waals surface area (Å²) in [5, 5.41) is 5.78. The highest BCUT2D eigenvalue weighted by atomic mass is 35.5. The Labute approximate surface area is 171 Å². The van der Waals surface area contributed by atoms with Crippen molar-refractivity contribution in [2.75, 3.05) is 13.1 Å². The van der Waals surface area contributed by atoms with Crippen LogP contribution in [0.5, 0.6) is 0 Å². The lowest BCUT2D eigenvalue weighted by atomic mass is 9.75. The number of hydrogen-bond acceptors (Lipinski definition) is 2. The fraction of sp³-hybridized carbons (Fsp3) is 0.458. The number of rotatable bonds is 3. The summed E-state index contributed by atoms with van der Waals surface area (Å²) in [6, 6.07) is 6.60. The van der Waals surface area contributed by atoms with Gasteiger partial charge in [0.2, 0.25) is 0 Å². The van der Waals surface area contributed by atoms with E-state index in [1.165, 1.54) is 46.2 Å². The van der Waals surface area contributed by atoms with Crippen LogP contribution in [0.3, 0.4) is 0 Å². The summed E-state index contributed by atoms with van der Waals surface area (Å²) in [6.07, 6.45) is 10.9. The van der Waals surface area contributed by atoms with Gasteiger partial charge in [0.05, 0.1) is 16.2 Å². The summed E-state index contributed by atoms with van der Waals surface area (Å²) in [7, 11) is 0. The number of hydrogen-bond donors (Lipinski definition) is 2. The second-order valence-electron chi connectivity index (χ2n) is 8.36. The molecule has 4 heteroatoms. The van der Waals surface area contributed by atoms with Crippen LogP contribution < -0.4 is 5.32 Å². The Balaban J connectivity index is 1.80. The number of halogens is 1. The highest BCUT2D eigenvalue weighted by Crippen LogP contribution is 2.46. The summed E-state index contributed by atoms with van der Waals surface area (Å²) < 4.78 is 0. The van der Waals surface area contributed by atoms with E-state index in [0.29, 0.717) is 11.8 Å². The van der Waals surface area contributed by atoms with E-state index < -0.39 is 0 Å². The van der Waals surface area contributed by atoms with Crippen LogP contribution in [0.2, 0.25) is 5.02 Å². The number of pyridine rings is 1. The zero-order chi connectivity index (χ0) is 19.1. The van der Waals surface area contributed by atoms with E-state index in [1.54, 1.807) is 0 Å². The summed E-state index contributed by atoms with van der Waals surface area (Å²) in [4.78, 5) is 8.45. The maximum atomic E-state index is 6.75. The van der Waals surface area contributed by atoms with E-state index >= 15 is 0 Å². The van der Waals surface area contributed by atoms with E-state index in [1.807, 2.05) is 6.20 Å². The fourth-order valence-electron chi connectivity index (χ4n) is 5.44. The smallest absolute Gasteiger partial charge is 0.0650 e. The first-order valence-corrected chi connectivity index (χ1v) is 11.1. The van der Waals surface area contributed by atoms with Crippen LogP contribution in [0, 0.1) is 5.92 Å². The Morgan fingerprint density at radius 2 is 2.00 bits per heavy atom. The largest absolute Gasteiger partial charge is 0.360 e. The van der Waals surface area contributed by atoms with Gasteiger partial charge in [-0.1, -0.05) is 31.0 Å². The first-order chi connectivity index (χ1) is 13.8. The van der Waals surface area contributed by atoms with Crippen molar-refractivity contribution in [2.24, 2.45) is 5.92 Å². The van der Waals surface area contributed by atoms with E-state index in [2.05, 4.69) is 41.6 Å². The van der Waals surface area contributed by atoms with Crippen LogP contribution in [0.1, 0.15) is 60.1 Å². The van der Waals surface area contributed by atoms with Gasteiger partial charge in [-0.15, -0.1) is 0 Å². The molecule has 146 valence electrons. The molecule has 5 rings (SSSR count). The summed E-state index contributed by atoms with van der Waals surface area (Å²) >= 11 is 6.75. The molecule has 0 bridgehead atoms. The maximum Gasteiger partial charge on any atom is 0.0650 e. The number of H-pyrrole nitrogens is 1. The molecular formula is C24H28ClN3. The van der Waals surface area contributed by atoms with Gasteiger partial charge in [0.25, 0.3) is 0 Å². The number of nitrogens with zero attached hydrogens (tertiary/aromatic N) is 1. The van der Waals surface area contributed by atoms with Crippen molar-refractivity contribution in [3.8, 4) is 0 Å². The highest BCUT2D eigenvalue weighted by molar-refractivity contribution is 6.35. The second kappa shape index (κ2) is 7.53. The number of benzene rings is 1. The van der Waals surface area contributed by atoms with E-state index in [4.69, 9.17) is 16.6 Å². The molecule has 3 nitrogen and oxygen atoms in total. The highest BCUT2D eigenvalue weighted by Gasteiger charge is 2.35. The van der Waals surface area contributed by atoms with Crippen molar-refractivity contribution in [3.05, 3.63) is 63.6 Å². The van der Waals surface area contributed by atoms with Crippen LogP contribution in [0.4, 0.5) is 0 Å². The average molecular weight is 394 g/mol. The molecule has 28 heavy (non-hydrogen) atoms. The Morgan fingerprint density at radius 3 is 2.82 bits per heavy atom. The molecule has 1 aliphatic carbocycles. The minimum Gasteiger partial charge on any atom is -0.360 e.